The summed E-state index contributed by atoms with van der Waals surface area (Å²) in [6.45, 7) is 0. The number of hydrogen-bond acceptors (Lipinski definition) is 2. The van der Waals surface area contributed by atoms with Crippen molar-refractivity contribution in [1.29, 1.82) is 10.5 Å². The molecule has 2 heterocycles. The Hall–Kier alpha value is -8.45. The molecular weight excluding hydrogens is 1000 g/mol. The van der Waals surface area contributed by atoms with E-state index in [1.54, 1.807) is 42.5 Å². The lowest BCUT2D eigenvalue weighted by Gasteiger charge is -2.22. The van der Waals surface area contributed by atoms with Gasteiger partial charge in [-0.2, -0.15) is 76.4 Å². The summed E-state index contributed by atoms with van der Waals surface area (Å²) in [6.07, 6.45) is -21.1. The quantitative estimate of drug-likeness (QED) is 0.165. The number of aromatic nitrogens is 2. The van der Waals surface area contributed by atoms with Crippen molar-refractivity contribution in [2.45, 2.75) is 43.7 Å². The SMILES string of the molecule is N#Cc1cc(-n2c3ccccc3c3ccc(-c4ccc(C(F)(F)F)cc4C(F)(F)F)cc32)c(-c2c(C#N)cccc2C(F)(F)F)cc1-n1c2c(c3ccc(=C4CC=C(C(F)(F)F)C=C4C(F)(F)F)cc31)CC=CC=2. The van der Waals surface area contributed by atoms with Crippen molar-refractivity contribution in [2.75, 3.05) is 0 Å². The molecule has 8 aromatic rings. The summed E-state index contributed by atoms with van der Waals surface area (Å²) in [5, 5.41) is 22.8. The second kappa shape index (κ2) is 17.1. The number of halogens is 15. The van der Waals surface area contributed by atoms with Gasteiger partial charge < -0.3 is 9.13 Å². The normalized spacial score (nSPS) is 15.2. The molecule has 0 N–H and O–H groups in total. The highest BCUT2D eigenvalue weighted by Crippen LogP contribution is 2.47. The van der Waals surface area contributed by atoms with Crippen LogP contribution < -0.4 is 10.6 Å². The van der Waals surface area contributed by atoms with Crippen molar-refractivity contribution in [3.63, 3.8) is 0 Å². The van der Waals surface area contributed by atoms with Gasteiger partial charge in [-0.15, -0.1) is 0 Å². The zero-order valence-corrected chi connectivity index (χ0v) is 37.2. The Morgan fingerprint density at radius 1 is 0.500 bits per heavy atom. The molecule has 0 radical (unpaired) electrons. The molecule has 0 spiro atoms. The summed E-state index contributed by atoms with van der Waals surface area (Å²) < 4.78 is 219. The van der Waals surface area contributed by atoms with Gasteiger partial charge in [-0.3, -0.25) is 0 Å². The van der Waals surface area contributed by atoms with Gasteiger partial charge >= 0.3 is 30.9 Å². The molecule has 0 saturated carbocycles. The number of nitriles is 2. The van der Waals surface area contributed by atoms with E-state index in [0.717, 1.165) is 12.1 Å². The van der Waals surface area contributed by atoms with E-state index < -0.39 is 87.4 Å². The zero-order chi connectivity index (χ0) is 53.0. The maximum atomic E-state index is 15.4. The molecule has 10 rings (SSSR count). The van der Waals surface area contributed by atoms with Crippen LogP contribution in [-0.4, -0.2) is 21.5 Å². The molecule has 0 aliphatic heterocycles. The van der Waals surface area contributed by atoms with Crippen LogP contribution in [0.4, 0.5) is 65.9 Å². The first kappa shape index (κ1) is 49.1. The smallest absolute Gasteiger partial charge is 0.309 e. The first-order valence-electron chi connectivity index (χ1n) is 21.9. The van der Waals surface area contributed by atoms with Crippen molar-refractivity contribution in [2.24, 2.45) is 0 Å². The first-order chi connectivity index (χ1) is 34.8. The summed E-state index contributed by atoms with van der Waals surface area (Å²) in [4.78, 5) is 0. The van der Waals surface area contributed by atoms with Gasteiger partial charge in [-0.1, -0.05) is 72.8 Å². The molecule has 6 aromatic carbocycles. The van der Waals surface area contributed by atoms with Crippen LogP contribution >= 0.6 is 0 Å². The Balaban J connectivity index is 1.33. The molecule has 0 atom stereocenters. The van der Waals surface area contributed by atoms with E-state index in [1.165, 1.54) is 63.7 Å². The van der Waals surface area contributed by atoms with Crippen molar-refractivity contribution < 1.29 is 65.9 Å². The lowest BCUT2D eigenvalue weighted by Crippen LogP contribution is -2.23. The minimum absolute atomic E-state index is 0.00480. The Kier molecular flexibility index (Phi) is 11.3. The average molecular weight is 1030 g/mol. The van der Waals surface area contributed by atoms with Crippen molar-refractivity contribution >= 4 is 44.4 Å². The number of para-hydroxylation sites is 1. The minimum Gasteiger partial charge on any atom is -0.309 e. The fraction of sp³-hybridized carbons (Fsp3) is 0.127. The van der Waals surface area contributed by atoms with E-state index in [2.05, 4.69) is 6.07 Å². The zero-order valence-electron chi connectivity index (χ0n) is 37.2. The van der Waals surface area contributed by atoms with Crippen LogP contribution in [-0.2, 0) is 24.9 Å². The van der Waals surface area contributed by atoms with E-state index in [-0.39, 0.29) is 68.4 Å². The van der Waals surface area contributed by atoms with Crippen molar-refractivity contribution in [3.05, 3.63) is 189 Å². The predicted molar refractivity (Wildman–Crippen MR) is 246 cm³/mol. The molecule has 372 valence electrons. The van der Waals surface area contributed by atoms with Crippen LogP contribution in [0.3, 0.4) is 0 Å². The van der Waals surface area contributed by atoms with Gasteiger partial charge in [0.05, 0.1) is 78.3 Å². The Morgan fingerprint density at radius 3 is 1.86 bits per heavy atom. The lowest BCUT2D eigenvalue weighted by atomic mass is 9.91. The fourth-order valence-corrected chi connectivity index (χ4v) is 9.92. The van der Waals surface area contributed by atoms with Crippen LogP contribution in [0.5, 0.6) is 0 Å². The molecule has 0 amide bonds. The molecule has 2 aliphatic carbocycles. The van der Waals surface area contributed by atoms with E-state index in [4.69, 9.17) is 0 Å². The molecule has 0 bridgehead atoms. The third-order valence-electron chi connectivity index (χ3n) is 13.1. The summed E-state index contributed by atoms with van der Waals surface area (Å²) in [5.41, 5.74) is -10.6. The molecule has 2 aliphatic rings. The first-order valence-corrected chi connectivity index (χ1v) is 21.9. The number of nitrogens with zero attached hydrogens (tertiary/aromatic N) is 4. The van der Waals surface area contributed by atoms with Gasteiger partial charge in [0.1, 0.15) is 6.07 Å². The maximum Gasteiger partial charge on any atom is 0.417 e. The molecule has 0 fully saturated rings. The van der Waals surface area contributed by atoms with Gasteiger partial charge in [-0.25, -0.2) is 0 Å². The van der Waals surface area contributed by atoms with Crippen molar-refractivity contribution in [3.8, 4) is 45.8 Å². The van der Waals surface area contributed by atoms with Crippen LogP contribution in [0, 0.1) is 22.7 Å². The second-order valence-corrected chi connectivity index (χ2v) is 17.3. The molecule has 0 saturated heterocycles. The fourth-order valence-electron chi connectivity index (χ4n) is 9.92. The van der Waals surface area contributed by atoms with E-state index >= 15 is 13.2 Å². The molecule has 19 heteroatoms. The predicted octanol–water partition coefficient (Wildman–Crippen LogP) is 15.3. The van der Waals surface area contributed by atoms with Gasteiger partial charge in [0.15, 0.2) is 0 Å². The summed E-state index contributed by atoms with van der Waals surface area (Å²) in [7, 11) is 0. The summed E-state index contributed by atoms with van der Waals surface area (Å²) >= 11 is 0. The number of allylic oxidation sites excluding steroid dienone is 6. The van der Waals surface area contributed by atoms with Crippen LogP contribution in [0.25, 0.3) is 78.0 Å². The minimum atomic E-state index is -5.31. The number of rotatable bonds is 4. The molecule has 2 aromatic heterocycles. The third kappa shape index (κ3) is 8.26. The van der Waals surface area contributed by atoms with Gasteiger partial charge in [0.25, 0.3) is 0 Å². The number of alkyl halides is 15. The van der Waals surface area contributed by atoms with E-state index in [9.17, 15) is 63.2 Å². The Labute approximate surface area is 407 Å². The van der Waals surface area contributed by atoms with E-state index in [1.807, 2.05) is 0 Å². The highest BCUT2D eigenvalue weighted by atomic mass is 19.4. The highest BCUT2D eigenvalue weighted by Gasteiger charge is 2.43. The number of hydrogen-bond donors (Lipinski definition) is 0. The Bertz CT molecular complexity index is 4020. The standard InChI is InChI=1S/C55H27F15N4/c56-51(57,58)32-14-18-34(42(23-32)54(65,66)67)28-12-16-38-36-7-1-3-10-44(36)73(47(38)20-28)46-25-40(50-30(26-71)6-5-9-41(50)53(62,63)64)49(22-31(46)27-72)74-45-11-4-2-8-37(45)39-17-13-29(21-48(39)74)35-19-15-33(52(59,60)61)24-43(35)55(68,69)70/h1-6,8-17,19-25H,7,18H2. The topological polar surface area (TPSA) is 57.4 Å². The Morgan fingerprint density at radius 2 is 1.19 bits per heavy atom. The van der Waals surface area contributed by atoms with Gasteiger partial charge in [0.2, 0.25) is 0 Å². The molecule has 0 unspecified atom stereocenters. The maximum absolute atomic E-state index is 15.4. The third-order valence-corrected chi connectivity index (χ3v) is 13.1. The van der Waals surface area contributed by atoms with Crippen LogP contribution in [0.2, 0.25) is 0 Å². The van der Waals surface area contributed by atoms with Crippen molar-refractivity contribution in [1.82, 2.24) is 9.13 Å². The lowest BCUT2D eigenvalue weighted by molar-refractivity contribution is -0.143. The largest absolute Gasteiger partial charge is 0.417 e. The van der Waals surface area contributed by atoms with E-state index in [0.29, 0.717) is 51.3 Å². The highest BCUT2D eigenvalue weighted by molar-refractivity contribution is 6.11. The van der Waals surface area contributed by atoms with Crippen LogP contribution in [0.1, 0.15) is 39.8 Å². The summed E-state index contributed by atoms with van der Waals surface area (Å²) in [5.74, 6) is 0. The molecular formula is C55H27F15N4. The van der Waals surface area contributed by atoms with Crippen LogP contribution in [0.15, 0.2) is 145 Å². The molecule has 4 nitrogen and oxygen atoms in total. The second-order valence-electron chi connectivity index (χ2n) is 17.3. The van der Waals surface area contributed by atoms with Gasteiger partial charge in [0, 0.05) is 27.3 Å². The summed E-state index contributed by atoms with van der Waals surface area (Å²) in [6, 6.07) is 24.2. The monoisotopic (exact) mass is 1030 g/mol. The van der Waals surface area contributed by atoms with Gasteiger partial charge in [-0.05, 0) is 107 Å². The number of fused-ring (bicyclic) bond motifs is 6. The molecule has 74 heavy (non-hydrogen) atoms. The number of benzene rings is 6. The average Bonchev–Trinajstić information content (AvgIpc) is 3.86.